The number of likely N-dealkylation sites (tertiary alicyclic amines) is 2. The first-order valence-electron chi connectivity index (χ1n) is 7.63. The summed E-state index contributed by atoms with van der Waals surface area (Å²) in [4.78, 5) is 28.1. The molecule has 2 unspecified atom stereocenters. The third-order valence-electron chi connectivity index (χ3n) is 4.47. The van der Waals surface area contributed by atoms with Crippen LogP contribution in [0.15, 0.2) is 0 Å². The number of Topliss-reactive ketones (excluding diaryl/α,β-unsaturated/α-hetero) is 1. The summed E-state index contributed by atoms with van der Waals surface area (Å²) in [6.07, 6.45) is 6.24. The standard InChI is InChI=1S/C15H26N2O2/c1-12(18)11-14-7-3-4-10-17(14)13(2)15(19)16-8-5-6-9-16/h13-14H,3-11H2,1-2H3. The molecule has 0 bridgehead atoms. The number of piperidine rings is 1. The lowest BCUT2D eigenvalue weighted by molar-refractivity contribution is -0.137. The molecule has 0 spiro atoms. The van der Waals surface area contributed by atoms with Crippen LogP contribution < -0.4 is 0 Å². The van der Waals surface area contributed by atoms with E-state index in [2.05, 4.69) is 4.90 Å². The van der Waals surface area contributed by atoms with Crippen LogP contribution in [0, 0.1) is 0 Å². The molecule has 1 amide bonds. The molecule has 0 radical (unpaired) electrons. The number of carbonyl (C=O) groups excluding carboxylic acids is 2. The highest BCUT2D eigenvalue weighted by Crippen LogP contribution is 2.24. The Labute approximate surface area is 116 Å². The number of rotatable bonds is 4. The molecular weight excluding hydrogens is 240 g/mol. The molecule has 0 aromatic carbocycles. The minimum Gasteiger partial charge on any atom is -0.341 e. The van der Waals surface area contributed by atoms with Gasteiger partial charge in [-0.15, -0.1) is 0 Å². The monoisotopic (exact) mass is 266 g/mol. The summed E-state index contributed by atoms with van der Waals surface area (Å²) in [6.45, 7) is 6.44. The molecule has 2 heterocycles. The van der Waals surface area contributed by atoms with Gasteiger partial charge in [0.1, 0.15) is 5.78 Å². The van der Waals surface area contributed by atoms with E-state index in [9.17, 15) is 9.59 Å². The first-order chi connectivity index (χ1) is 9.09. The third kappa shape index (κ3) is 3.56. The van der Waals surface area contributed by atoms with Gasteiger partial charge in [-0.25, -0.2) is 0 Å². The van der Waals surface area contributed by atoms with Crippen molar-refractivity contribution in [2.24, 2.45) is 0 Å². The zero-order chi connectivity index (χ0) is 13.8. The fraction of sp³-hybridized carbons (Fsp3) is 0.867. The van der Waals surface area contributed by atoms with Gasteiger partial charge >= 0.3 is 0 Å². The molecule has 19 heavy (non-hydrogen) atoms. The van der Waals surface area contributed by atoms with Crippen LogP contribution in [0.4, 0.5) is 0 Å². The zero-order valence-corrected chi connectivity index (χ0v) is 12.2. The van der Waals surface area contributed by atoms with E-state index in [1.54, 1.807) is 6.92 Å². The molecule has 2 saturated heterocycles. The van der Waals surface area contributed by atoms with Crippen LogP contribution in [0.2, 0.25) is 0 Å². The van der Waals surface area contributed by atoms with Crippen molar-refractivity contribution in [2.45, 2.75) is 64.5 Å². The van der Waals surface area contributed by atoms with Crippen molar-refractivity contribution >= 4 is 11.7 Å². The smallest absolute Gasteiger partial charge is 0.239 e. The summed E-state index contributed by atoms with van der Waals surface area (Å²) >= 11 is 0. The summed E-state index contributed by atoms with van der Waals surface area (Å²) in [5, 5.41) is 0. The Bertz CT molecular complexity index is 337. The van der Waals surface area contributed by atoms with Crippen LogP contribution in [0.1, 0.15) is 52.4 Å². The maximum absolute atomic E-state index is 12.5. The minimum absolute atomic E-state index is 0.0669. The molecule has 0 aromatic heterocycles. The average molecular weight is 266 g/mol. The Morgan fingerprint density at radius 1 is 1.11 bits per heavy atom. The molecule has 0 saturated carbocycles. The van der Waals surface area contributed by atoms with Crippen molar-refractivity contribution in [3.8, 4) is 0 Å². The Morgan fingerprint density at radius 2 is 1.74 bits per heavy atom. The fourth-order valence-corrected chi connectivity index (χ4v) is 3.43. The number of amides is 1. The van der Waals surface area contributed by atoms with Gasteiger partial charge in [-0.1, -0.05) is 6.42 Å². The van der Waals surface area contributed by atoms with E-state index < -0.39 is 0 Å². The van der Waals surface area contributed by atoms with Gasteiger partial charge in [0.05, 0.1) is 6.04 Å². The molecule has 2 rings (SSSR count). The molecular formula is C15H26N2O2. The molecule has 2 aliphatic rings. The van der Waals surface area contributed by atoms with Gasteiger partial charge in [-0.2, -0.15) is 0 Å². The van der Waals surface area contributed by atoms with Gasteiger partial charge in [0.2, 0.25) is 5.91 Å². The highest BCUT2D eigenvalue weighted by atomic mass is 16.2. The highest BCUT2D eigenvalue weighted by Gasteiger charge is 2.33. The van der Waals surface area contributed by atoms with Crippen molar-refractivity contribution in [1.29, 1.82) is 0 Å². The third-order valence-corrected chi connectivity index (χ3v) is 4.47. The quantitative estimate of drug-likeness (QED) is 0.779. The van der Waals surface area contributed by atoms with Gasteiger partial charge in [0, 0.05) is 25.6 Å². The van der Waals surface area contributed by atoms with E-state index in [1.165, 1.54) is 6.42 Å². The molecule has 4 nitrogen and oxygen atoms in total. The van der Waals surface area contributed by atoms with E-state index in [0.29, 0.717) is 6.42 Å². The summed E-state index contributed by atoms with van der Waals surface area (Å²) in [6, 6.07) is 0.204. The van der Waals surface area contributed by atoms with Gasteiger partial charge < -0.3 is 4.90 Å². The molecule has 0 aromatic rings. The first-order valence-corrected chi connectivity index (χ1v) is 7.63. The first kappa shape index (κ1) is 14.5. The van der Waals surface area contributed by atoms with Crippen LogP contribution in [0.5, 0.6) is 0 Å². The largest absolute Gasteiger partial charge is 0.341 e. The van der Waals surface area contributed by atoms with Crippen LogP contribution >= 0.6 is 0 Å². The number of hydrogen-bond acceptors (Lipinski definition) is 3. The van der Waals surface area contributed by atoms with Crippen LogP contribution in [0.3, 0.4) is 0 Å². The zero-order valence-electron chi connectivity index (χ0n) is 12.2. The second-order valence-electron chi connectivity index (χ2n) is 6.00. The Morgan fingerprint density at radius 3 is 2.37 bits per heavy atom. The topological polar surface area (TPSA) is 40.6 Å². The summed E-state index contributed by atoms with van der Waals surface area (Å²) in [7, 11) is 0. The van der Waals surface area contributed by atoms with Crippen molar-refractivity contribution in [2.75, 3.05) is 19.6 Å². The van der Waals surface area contributed by atoms with Gasteiger partial charge in [0.15, 0.2) is 0 Å². The van der Waals surface area contributed by atoms with E-state index in [0.717, 1.165) is 45.3 Å². The summed E-state index contributed by atoms with van der Waals surface area (Å²) in [5.74, 6) is 0.491. The normalized spacial score (nSPS) is 26.4. The summed E-state index contributed by atoms with van der Waals surface area (Å²) in [5.41, 5.74) is 0. The SMILES string of the molecule is CC(=O)CC1CCCCN1C(C)C(=O)N1CCCC1. The van der Waals surface area contributed by atoms with Gasteiger partial charge in [-0.05, 0) is 46.1 Å². The van der Waals surface area contributed by atoms with Crippen molar-refractivity contribution < 1.29 is 9.59 Å². The lowest BCUT2D eigenvalue weighted by Crippen LogP contribution is -2.52. The van der Waals surface area contributed by atoms with Crippen molar-refractivity contribution in [1.82, 2.24) is 9.80 Å². The van der Waals surface area contributed by atoms with Crippen molar-refractivity contribution in [3.63, 3.8) is 0 Å². The number of ketones is 1. The molecule has 2 aliphatic heterocycles. The number of nitrogens with zero attached hydrogens (tertiary/aromatic N) is 2. The maximum atomic E-state index is 12.5. The molecule has 0 aliphatic carbocycles. The molecule has 2 atom stereocenters. The van der Waals surface area contributed by atoms with E-state index in [1.807, 2.05) is 11.8 Å². The Hall–Kier alpha value is -0.900. The highest BCUT2D eigenvalue weighted by molar-refractivity contribution is 5.82. The van der Waals surface area contributed by atoms with E-state index in [4.69, 9.17) is 0 Å². The molecule has 2 fully saturated rings. The second-order valence-corrected chi connectivity index (χ2v) is 6.00. The van der Waals surface area contributed by atoms with Crippen LogP contribution in [0.25, 0.3) is 0 Å². The van der Waals surface area contributed by atoms with Gasteiger partial charge in [-0.3, -0.25) is 14.5 Å². The van der Waals surface area contributed by atoms with Gasteiger partial charge in [0.25, 0.3) is 0 Å². The predicted molar refractivity (Wildman–Crippen MR) is 74.9 cm³/mol. The van der Waals surface area contributed by atoms with Crippen molar-refractivity contribution in [3.05, 3.63) is 0 Å². The van der Waals surface area contributed by atoms with Crippen LogP contribution in [-0.2, 0) is 9.59 Å². The van der Waals surface area contributed by atoms with E-state index in [-0.39, 0.29) is 23.8 Å². The predicted octanol–water partition coefficient (Wildman–Crippen LogP) is 1.83. The average Bonchev–Trinajstić information content (AvgIpc) is 2.91. The minimum atomic E-state index is -0.0669. The summed E-state index contributed by atoms with van der Waals surface area (Å²) < 4.78 is 0. The fourth-order valence-electron chi connectivity index (χ4n) is 3.43. The lowest BCUT2D eigenvalue weighted by atomic mass is 9.96. The Balaban J connectivity index is 1.99. The number of carbonyl (C=O) groups is 2. The van der Waals surface area contributed by atoms with Crippen LogP contribution in [-0.4, -0.2) is 53.2 Å². The lowest BCUT2D eigenvalue weighted by Gasteiger charge is -2.40. The second kappa shape index (κ2) is 6.51. The molecule has 0 N–H and O–H groups in total. The molecule has 4 heteroatoms. The number of hydrogen-bond donors (Lipinski definition) is 0. The van der Waals surface area contributed by atoms with E-state index >= 15 is 0 Å². The Kier molecular flexibility index (Phi) is 4.97. The molecule has 108 valence electrons. The maximum Gasteiger partial charge on any atom is 0.239 e.